The number of methoxy groups -OCH3 is 1. The molecule has 0 amide bonds. The van der Waals surface area contributed by atoms with E-state index < -0.39 is 5.97 Å². The van der Waals surface area contributed by atoms with Crippen molar-refractivity contribution in [1.29, 1.82) is 0 Å². The van der Waals surface area contributed by atoms with Gasteiger partial charge in [0.25, 0.3) is 0 Å². The third-order valence-electron chi connectivity index (χ3n) is 10.5. The van der Waals surface area contributed by atoms with Gasteiger partial charge in [-0.25, -0.2) is 9.78 Å². The van der Waals surface area contributed by atoms with Crippen molar-refractivity contribution in [1.82, 2.24) is 10.1 Å². The average molecular weight is 564 g/mol. The van der Waals surface area contributed by atoms with Gasteiger partial charge in [-0.1, -0.05) is 16.5 Å². The number of fused-ring (bicyclic) bond motifs is 3. The summed E-state index contributed by atoms with van der Waals surface area (Å²) in [5.74, 6) is 1.73. The minimum atomic E-state index is -0.954. The highest BCUT2D eigenvalue weighted by atomic mass is 32.1. The van der Waals surface area contributed by atoms with Gasteiger partial charge in [-0.2, -0.15) is 0 Å². The number of carboxylic acid groups (broad SMARTS) is 1. The van der Waals surface area contributed by atoms with Crippen LogP contribution < -0.4 is 9.64 Å². The Bertz CT molecular complexity index is 1430. The molecule has 3 aromatic rings. The molecule has 1 aromatic carbocycles. The molecule has 2 aliphatic heterocycles. The lowest BCUT2D eigenvalue weighted by molar-refractivity contribution is 0.0140. The van der Waals surface area contributed by atoms with Crippen LogP contribution in [0, 0.1) is 5.41 Å². The molecule has 5 aliphatic rings. The van der Waals surface area contributed by atoms with Crippen LogP contribution in [0.15, 0.2) is 16.7 Å². The number of aromatic nitrogens is 2. The second-order valence-electron chi connectivity index (χ2n) is 13.0. The van der Waals surface area contributed by atoms with E-state index in [0.29, 0.717) is 41.7 Å². The molecule has 2 aromatic heterocycles. The number of nitrogens with zero attached hydrogens (tertiary/aromatic N) is 3. The van der Waals surface area contributed by atoms with Crippen LogP contribution in [0.2, 0.25) is 0 Å². The summed E-state index contributed by atoms with van der Waals surface area (Å²) in [6.07, 6.45) is 14.9. The molecular formula is C31H37N3O5S. The molecule has 2 unspecified atom stereocenters. The van der Waals surface area contributed by atoms with Crippen molar-refractivity contribution in [2.24, 2.45) is 5.41 Å². The van der Waals surface area contributed by atoms with Gasteiger partial charge in [-0.05, 0) is 94.6 Å². The lowest BCUT2D eigenvalue weighted by atomic mass is 9.77. The summed E-state index contributed by atoms with van der Waals surface area (Å²) in [6.45, 7) is 0.618. The highest BCUT2D eigenvalue weighted by Crippen LogP contribution is 2.59. The van der Waals surface area contributed by atoms with E-state index in [9.17, 15) is 9.90 Å². The smallest absolute Gasteiger partial charge is 0.335 e. The summed E-state index contributed by atoms with van der Waals surface area (Å²) in [5, 5.41) is 15.1. The number of ether oxygens (including phenoxy) is 2. The molecule has 9 heteroatoms. The number of carboxylic acids is 1. The molecule has 5 fully saturated rings. The Morgan fingerprint density at radius 2 is 1.82 bits per heavy atom. The second kappa shape index (κ2) is 9.44. The Hall–Kier alpha value is -2.65. The van der Waals surface area contributed by atoms with Crippen LogP contribution in [0.4, 0.5) is 5.13 Å². The Morgan fingerprint density at radius 3 is 2.48 bits per heavy atom. The lowest BCUT2D eigenvalue weighted by Gasteiger charge is -2.38. The Balaban J connectivity index is 0.982. The molecule has 212 valence electrons. The zero-order valence-electron chi connectivity index (χ0n) is 23.1. The van der Waals surface area contributed by atoms with Crippen LogP contribution in [0.1, 0.15) is 116 Å². The maximum Gasteiger partial charge on any atom is 0.335 e. The van der Waals surface area contributed by atoms with Crippen molar-refractivity contribution in [3.05, 3.63) is 34.7 Å². The van der Waals surface area contributed by atoms with E-state index in [1.165, 1.54) is 62.6 Å². The molecule has 3 saturated carbocycles. The standard InChI is InChI=1S/C31H37N3O5S/c1-37-24-12-19(29(35)36)13-25-27(24)32-30(40-25)34-20-4-5-21(34)15-22(14-20)38-16-23-26(33-39-28(23)18-2-3-18)17-6-8-31(9-7-17)10-11-31/h12-13,17-18,20-22H,2-11,14-16H2,1H3,(H,35,36)/t20-,21?,22?/m0/s1. The average Bonchev–Trinajstić information content (AvgIpc) is 3.83. The van der Waals surface area contributed by atoms with Crippen LogP contribution in [0.3, 0.4) is 0 Å². The summed E-state index contributed by atoms with van der Waals surface area (Å²) in [7, 11) is 1.57. The van der Waals surface area contributed by atoms with E-state index in [0.717, 1.165) is 46.8 Å². The highest BCUT2D eigenvalue weighted by molar-refractivity contribution is 7.22. The number of thiazole rings is 1. The van der Waals surface area contributed by atoms with E-state index in [2.05, 4.69) is 10.1 Å². The van der Waals surface area contributed by atoms with Crippen LogP contribution in [-0.2, 0) is 11.3 Å². The molecule has 1 N–H and O–H groups in total. The Morgan fingerprint density at radius 1 is 1.07 bits per heavy atom. The van der Waals surface area contributed by atoms with Gasteiger partial charge < -0.3 is 24.0 Å². The number of piperidine rings is 1. The largest absolute Gasteiger partial charge is 0.494 e. The number of hydrogen-bond acceptors (Lipinski definition) is 8. The summed E-state index contributed by atoms with van der Waals surface area (Å²) in [5.41, 5.74) is 4.11. The molecule has 2 saturated heterocycles. The molecule has 1 spiro atoms. The van der Waals surface area contributed by atoms with Crippen LogP contribution in [0.25, 0.3) is 10.2 Å². The molecule has 4 heterocycles. The van der Waals surface area contributed by atoms with Crippen LogP contribution in [-0.4, -0.2) is 46.5 Å². The van der Waals surface area contributed by atoms with E-state index >= 15 is 0 Å². The maximum absolute atomic E-state index is 11.6. The van der Waals surface area contributed by atoms with Gasteiger partial charge in [0.05, 0.1) is 35.8 Å². The third kappa shape index (κ3) is 4.31. The number of aromatic carboxylic acids is 1. The number of carbonyl (C=O) groups is 1. The third-order valence-corrected chi connectivity index (χ3v) is 11.5. The summed E-state index contributed by atoms with van der Waals surface area (Å²) in [6, 6.07) is 4.04. The normalized spacial score (nSPS) is 27.5. The van der Waals surface area contributed by atoms with Gasteiger partial charge >= 0.3 is 5.97 Å². The van der Waals surface area contributed by atoms with Gasteiger partial charge in [0.2, 0.25) is 0 Å². The SMILES string of the molecule is COc1cc(C(=O)O)cc2sc(N3C4CC[C@H]3CC(OCc3c(C5CCC6(CC5)CC6)noc3C3CC3)C4)nc12. The zero-order chi connectivity index (χ0) is 27.0. The maximum atomic E-state index is 11.6. The number of anilines is 1. The first kappa shape index (κ1) is 25.1. The van der Waals surface area contributed by atoms with Crippen molar-refractivity contribution in [2.75, 3.05) is 12.0 Å². The Labute approximate surface area is 238 Å². The van der Waals surface area contributed by atoms with Gasteiger partial charge in [-0.15, -0.1) is 0 Å². The van der Waals surface area contributed by atoms with Crippen molar-refractivity contribution in [2.45, 2.75) is 114 Å². The first-order valence-electron chi connectivity index (χ1n) is 15.1. The fourth-order valence-electron chi connectivity index (χ4n) is 7.80. The van der Waals surface area contributed by atoms with E-state index in [4.69, 9.17) is 19.0 Å². The Kier molecular flexibility index (Phi) is 5.92. The number of rotatable bonds is 8. The minimum absolute atomic E-state index is 0.215. The summed E-state index contributed by atoms with van der Waals surface area (Å²) < 4.78 is 19.0. The fraction of sp³-hybridized carbons (Fsp3) is 0.645. The highest BCUT2D eigenvalue weighted by Gasteiger charge is 2.47. The molecule has 0 radical (unpaired) electrons. The topological polar surface area (TPSA) is 97.9 Å². The molecule has 8 rings (SSSR count). The van der Waals surface area contributed by atoms with Gasteiger partial charge in [0.1, 0.15) is 17.0 Å². The first-order valence-corrected chi connectivity index (χ1v) is 15.9. The molecule has 3 aliphatic carbocycles. The molecule has 8 nitrogen and oxygen atoms in total. The van der Waals surface area contributed by atoms with Gasteiger partial charge in [0.15, 0.2) is 5.13 Å². The van der Waals surface area contributed by atoms with Crippen molar-refractivity contribution in [3.63, 3.8) is 0 Å². The van der Waals surface area contributed by atoms with Gasteiger partial charge in [0, 0.05) is 29.5 Å². The van der Waals surface area contributed by atoms with Crippen molar-refractivity contribution in [3.8, 4) is 5.75 Å². The van der Waals surface area contributed by atoms with Crippen molar-refractivity contribution < 1.29 is 23.9 Å². The fourth-order valence-corrected chi connectivity index (χ4v) is 8.97. The second-order valence-corrected chi connectivity index (χ2v) is 14.0. The first-order chi connectivity index (χ1) is 19.5. The monoisotopic (exact) mass is 563 g/mol. The van der Waals surface area contributed by atoms with E-state index in [-0.39, 0.29) is 11.7 Å². The number of hydrogen-bond donors (Lipinski definition) is 1. The molecular weight excluding hydrogens is 526 g/mol. The van der Waals surface area contributed by atoms with E-state index in [1.807, 2.05) is 0 Å². The van der Waals surface area contributed by atoms with Crippen LogP contribution in [0.5, 0.6) is 5.75 Å². The quantitative estimate of drug-likeness (QED) is 0.312. The van der Waals surface area contributed by atoms with Crippen LogP contribution >= 0.6 is 11.3 Å². The molecule has 40 heavy (non-hydrogen) atoms. The summed E-state index contributed by atoms with van der Waals surface area (Å²) >= 11 is 1.57. The van der Waals surface area contributed by atoms with E-state index in [1.54, 1.807) is 30.6 Å². The van der Waals surface area contributed by atoms with Gasteiger partial charge in [-0.3, -0.25) is 0 Å². The molecule has 2 bridgehead atoms. The predicted molar refractivity (Wildman–Crippen MR) is 152 cm³/mol. The minimum Gasteiger partial charge on any atom is -0.494 e. The predicted octanol–water partition coefficient (Wildman–Crippen LogP) is 7.02. The lowest BCUT2D eigenvalue weighted by Crippen LogP contribution is -2.45. The summed E-state index contributed by atoms with van der Waals surface area (Å²) in [4.78, 5) is 19.0. The van der Waals surface area contributed by atoms with Crippen molar-refractivity contribution >= 4 is 32.7 Å². The number of benzene rings is 1. The zero-order valence-corrected chi connectivity index (χ0v) is 23.9. The molecule has 3 atom stereocenters.